The average molecular weight is 286 g/mol. The maximum Gasteiger partial charge on any atom is 0.240 e. The maximum atomic E-state index is 12.6. The smallest absolute Gasteiger partial charge is 0.240 e. The fourth-order valence-electron chi connectivity index (χ4n) is 2.52. The van der Waals surface area contributed by atoms with Gasteiger partial charge in [-0.25, -0.2) is 4.89 Å². The third-order valence-electron chi connectivity index (χ3n) is 3.61. The molecule has 1 amide bonds. The van der Waals surface area contributed by atoms with Crippen molar-refractivity contribution in [2.45, 2.75) is 52.1 Å². The molecule has 0 bridgehead atoms. The molecule has 0 aromatic carbocycles. The largest absolute Gasteiger partial charge is 0.332 e. The molecule has 1 fully saturated rings. The van der Waals surface area contributed by atoms with E-state index in [1.165, 1.54) is 0 Å². The quantitative estimate of drug-likeness (QED) is 0.317. The number of aldehydes is 1. The first-order valence-corrected chi connectivity index (χ1v) is 7.17. The summed E-state index contributed by atoms with van der Waals surface area (Å²) < 4.78 is 0. The van der Waals surface area contributed by atoms with Crippen LogP contribution in [0.15, 0.2) is 0 Å². The number of nitrogens with zero attached hydrogens (tertiary/aromatic N) is 1. The Balaban J connectivity index is 2.67. The molecule has 2 N–H and O–H groups in total. The number of nitrogens with one attached hydrogen (secondary N) is 1. The molecule has 0 radical (unpaired) electrons. The van der Waals surface area contributed by atoms with Crippen LogP contribution in [0.25, 0.3) is 0 Å². The van der Waals surface area contributed by atoms with Crippen LogP contribution in [0.4, 0.5) is 0 Å². The lowest BCUT2D eigenvalue weighted by Crippen LogP contribution is -2.54. The molecule has 0 aliphatic carbocycles. The van der Waals surface area contributed by atoms with Gasteiger partial charge in [0.2, 0.25) is 5.91 Å². The molecule has 20 heavy (non-hydrogen) atoms. The molecule has 2 unspecified atom stereocenters. The highest BCUT2D eigenvalue weighted by atomic mass is 17.1. The van der Waals surface area contributed by atoms with Crippen molar-refractivity contribution in [3.05, 3.63) is 0 Å². The fourth-order valence-corrected chi connectivity index (χ4v) is 2.52. The molecular weight excluding hydrogens is 260 g/mol. The van der Waals surface area contributed by atoms with Gasteiger partial charge >= 0.3 is 0 Å². The minimum atomic E-state index is -0.346. The van der Waals surface area contributed by atoms with Gasteiger partial charge in [-0.05, 0) is 31.2 Å². The van der Waals surface area contributed by atoms with Gasteiger partial charge in [0, 0.05) is 6.54 Å². The van der Waals surface area contributed by atoms with Gasteiger partial charge in [0.15, 0.2) is 0 Å². The average Bonchev–Trinajstić information content (AvgIpc) is 2.84. The molecule has 6 heteroatoms. The summed E-state index contributed by atoms with van der Waals surface area (Å²) in [5.41, 5.74) is -0.243. The van der Waals surface area contributed by atoms with E-state index in [0.717, 1.165) is 19.1 Å². The summed E-state index contributed by atoms with van der Waals surface area (Å²) in [6, 6.07) is -0.628. The van der Waals surface area contributed by atoms with E-state index in [2.05, 4.69) is 10.2 Å². The number of hydrogen-bond donors (Lipinski definition) is 2. The van der Waals surface area contributed by atoms with Crippen molar-refractivity contribution in [2.75, 3.05) is 19.7 Å². The number of rotatable bonds is 7. The summed E-state index contributed by atoms with van der Waals surface area (Å²) in [7, 11) is 0. The Labute approximate surface area is 120 Å². The zero-order valence-corrected chi connectivity index (χ0v) is 12.6. The SMILES string of the molecule is CC(C)(C)C(NCCCOO)C(=O)N1CCCC1C=O. The predicted octanol–water partition coefficient (Wildman–Crippen LogP) is 1.06. The Morgan fingerprint density at radius 3 is 2.80 bits per heavy atom. The molecule has 1 aliphatic rings. The highest BCUT2D eigenvalue weighted by Gasteiger charge is 2.38. The van der Waals surface area contributed by atoms with Crippen LogP contribution in [0.1, 0.15) is 40.0 Å². The van der Waals surface area contributed by atoms with Gasteiger partial charge in [0.05, 0.1) is 18.7 Å². The maximum absolute atomic E-state index is 12.6. The van der Waals surface area contributed by atoms with Gasteiger partial charge in [-0.3, -0.25) is 10.1 Å². The summed E-state index contributed by atoms with van der Waals surface area (Å²) in [6.45, 7) is 7.45. The van der Waals surface area contributed by atoms with E-state index in [9.17, 15) is 9.59 Å². The molecule has 1 saturated heterocycles. The molecule has 0 spiro atoms. The number of likely N-dealkylation sites (tertiary alicyclic amines) is 1. The van der Waals surface area contributed by atoms with E-state index in [4.69, 9.17) is 5.26 Å². The van der Waals surface area contributed by atoms with Crippen LogP contribution in [0.2, 0.25) is 0 Å². The molecule has 6 nitrogen and oxygen atoms in total. The van der Waals surface area contributed by atoms with Crippen LogP contribution in [0.3, 0.4) is 0 Å². The summed E-state index contributed by atoms with van der Waals surface area (Å²) in [5, 5.41) is 11.5. The second-order valence-electron chi connectivity index (χ2n) is 6.32. The lowest BCUT2D eigenvalue weighted by molar-refractivity contribution is -0.242. The van der Waals surface area contributed by atoms with Crippen LogP contribution in [0.5, 0.6) is 0 Å². The molecule has 2 atom stereocenters. The van der Waals surface area contributed by atoms with Gasteiger partial charge in [-0.1, -0.05) is 20.8 Å². The van der Waals surface area contributed by atoms with Crippen LogP contribution in [0, 0.1) is 5.41 Å². The first kappa shape index (κ1) is 17.1. The first-order chi connectivity index (χ1) is 9.41. The van der Waals surface area contributed by atoms with Gasteiger partial charge < -0.3 is 15.0 Å². The van der Waals surface area contributed by atoms with E-state index >= 15 is 0 Å². The zero-order chi connectivity index (χ0) is 15.2. The van der Waals surface area contributed by atoms with Crippen molar-refractivity contribution in [1.82, 2.24) is 10.2 Å². The fraction of sp³-hybridized carbons (Fsp3) is 0.857. The second kappa shape index (κ2) is 7.71. The van der Waals surface area contributed by atoms with Crippen LogP contribution < -0.4 is 5.32 Å². The number of hydrogen-bond acceptors (Lipinski definition) is 5. The van der Waals surface area contributed by atoms with Crippen molar-refractivity contribution in [1.29, 1.82) is 0 Å². The highest BCUT2D eigenvalue weighted by molar-refractivity contribution is 5.85. The van der Waals surface area contributed by atoms with Crippen molar-refractivity contribution in [3.8, 4) is 0 Å². The monoisotopic (exact) mass is 286 g/mol. The Hall–Kier alpha value is -0.980. The van der Waals surface area contributed by atoms with Gasteiger partial charge in [0.1, 0.15) is 6.29 Å². The third kappa shape index (κ3) is 4.54. The van der Waals surface area contributed by atoms with Crippen molar-refractivity contribution >= 4 is 12.2 Å². The summed E-state index contributed by atoms with van der Waals surface area (Å²) in [5.74, 6) is -0.0167. The zero-order valence-electron chi connectivity index (χ0n) is 12.6. The molecule has 1 aliphatic heterocycles. The van der Waals surface area contributed by atoms with Crippen molar-refractivity contribution in [3.63, 3.8) is 0 Å². The van der Waals surface area contributed by atoms with Gasteiger partial charge in [-0.15, -0.1) is 0 Å². The third-order valence-corrected chi connectivity index (χ3v) is 3.61. The van der Waals surface area contributed by atoms with E-state index in [-0.39, 0.29) is 30.0 Å². The molecule has 0 aromatic rings. The Kier molecular flexibility index (Phi) is 6.58. The van der Waals surface area contributed by atoms with Gasteiger partial charge in [-0.2, -0.15) is 0 Å². The normalized spacial score (nSPS) is 21.0. The molecule has 116 valence electrons. The van der Waals surface area contributed by atoms with Crippen LogP contribution in [-0.2, 0) is 14.5 Å². The number of carbonyl (C=O) groups excluding carboxylic acids is 2. The molecule has 0 saturated carbocycles. The molecule has 1 rings (SSSR count). The minimum Gasteiger partial charge on any atom is -0.332 e. The van der Waals surface area contributed by atoms with Crippen LogP contribution >= 0.6 is 0 Å². The van der Waals surface area contributed by atoms with E-state index in [1.807, 2.05) is 20.8 Å². The standard InChI is InChI=1S/C14H26N2O4/c1-14(2,3)12(15-7-5-9-20-19)13(18)16-8-4-6-11(16)10-17/h10-12,15,19H,4-9H2,1-3H3. The second-order valence-corrected chi connectivity index (χ2v) is 6.32. The topological polar surface area (TPSA) is 78.9 Å². The highest BCUT2D eigenvalue weighted by Crippen LogP contribution is 2.25. The van der Waals surface area contributed by atoms with Crippen molar-refractivity contribution < 1.29 is 19.7 Å². The molecule has 0 aromatic heterocycles. The van der Waals surface area contributed by atoms with Crippen LogP contribution in [-0.4, -0.2) is 54.1 Å². The predicted molar refractivity (Wildman–Crippen MR) is 75.2 cm³/mol. The van der Waals surface area contributed by atoms with Gasteiger partial charge in [0.25, 0.3) is 0 Å². The van der Waals surface area contributed by atoms with Crippen molar-refractivity contribution in [2.24, 2.45) is 5.41 Å². The Morgan fingerprint density at radius 1 is 1.55 bits per heavy atom. The lowest BCUT2D eigenvalue weighted by atomic mass is 9.85. The molecular formula is C14H26N2O4. The number of carbonyl (C=O) groups is 2. The van der Waals surface area contributed by atoms with E-state index < -0.39 is 0 Å². The summed E-state index contributed by atoms with van der Waals surface area (Å²) >= 11 is 0. The minimum absolute atomic E-state index is 0.0167. The van der Waals surface area contributed by atoms with E-state index in [1.54, 1.807) is 4.90 Å². The Morgan fingerprint density at radius 2 is 2.25 bits per heavy atom. The molecule has 1 heterocycles. The summed E-state index contributed by atoms with van der Waals surface area (Å²) in [6.07, 6.45) is 3.12. The first-order valence-electron chi connectivity index (χ1n) is 7.17. The number of amides is 1. The lowest BCUT2D eigenvalue weighted by Gasteiger charge is -2.35. The Bertz CT molecular complexity index is 328. The summed E-state index contributed by atoms with van der Waals surface area (Å²) in [4.78, 5) is 29.4. The van der Waals surface area contributed by atoms with E-state index in [0.29, 0.717) is 19.5 Å².